The molecule has 123 valence electrons. The van der Waals surface area contributed by atoms with Crippen molar-refractivity contribution < 1.29 is 14.2 Å². The molecule has 0 aliphatic rings. The third kappa shape index (κ3) is 5.74. The van der Waals surface area contributed by atoms with Gasteiger partial charge in [0.05, 0.1) is 5.88 Å². The van der Waals surface area contributed by atoms with E-state index in [0.717, 1.165) is 23.3 Å². The van der Waals surface area contributed by atoms with Gasteiger partial charge in [-0.05, 0) is 29.7 Å². The van der Waals surface area contributed by atoms with Crippen LogP contribution in [0.5, 0.6) is 5.75 Å². The van der Waals surface area contributed by atoms with Crippen molar-refractivity contribution in [1.82, 2.24) is 0 Å². The van der Waals surface area contributed by atoms with E-state index in [9.17, 15) is 4.79 Å². The van der Waals surface area contributed by atoms with Crippen molar-refractivity contribution in [2.24, 2.45) is 0 Å². The number of carbonyl (C=O) groups is 1. The molecule has 0 fully saturated rings. The maximum Gasteiger partial charge on any atom is 0.382 e. The highest BCUT2D eigenvalue weighted by molar-refractivity contribution is 6.43. The van der Waals surface area contributed by atoms with E-state index in [0.29, 0.717) is 13.0 Å². The Morgan fingerprint density at radius 3 is 2.46 bits per heavy atom. The van der Waals surface area contributed by atoms with Crippen molar-refractivity contribution in [3.8, 4) is 5.75 Å². The van der Waals surface area contributed by atoms with E-state index in [-0.39, 0.29) is 11.7 Å². The van der Waals surface area contributed by atoms with Gasteiger partial charge in [0.15, 0.2) is 0 Å². The Labute approximate surface area is 147 Å². The first-order valence-electron chi connectivity index (χ1n) is 7.55. The van der Waals surface area contributed by atoms with Crippen molar-refractivity contribution >= 4 is 31.3 Å². The molecular weight excluding hydrogens is 324 g/mol. The molecule has 0 amide bonds. The van der Waals surface area contributed by atoms with Crippen LogP contribution in [0.1, 0.15) is 11.1 Å². The van der Waals surface area contributed by atoms with E-state index in [2.05, 4.69) is 0 Å². The van der Waals surface area contributed by atoms with Gasteiger partial charge >= 0.3 is 7.48 Å². The summed E-state index contributed by atoms with van der Waals surface area (Å²) < 4.78 is 10.5. The van der Waals surface area contributed by atoms with Crippen molar-refractivity contribution in [2.45, 2.75) is 18.8 Å². The summed E-state index contributed by atoms with van der Waals surface area (Å²) in [7, 11) is 1.34. The zero-order chi connectivity index (χ0) is 17.2. The van der Waals surface area contributed by atoms with Crippen LogP contribution in [0.4, 0.5) is 0 Å². The second-order valence-electron chi connectivity index (χ2n) is 5.22. The second-order valence-corrected chi connectivity index (χ2v) is 5.49. The molecule has 6 heteroatoms. The van der Waals surface area contributed by atoms with Crippen molar-refractivity contribution in [1.29, 1.82) is 5.41 Å². The van der Waals surface area contributed by atoms with Gasteiger partial charge in [0.2, 0.25) is 0 Å². The Bertz CT molecular complexity index is 649. The number of hydrogen-bond acceptors (Lipinski definition) is 4. The van der Waals surface area contributed by atoms with Crippen LogP contribution >= 0.6 is 11.6 Å². The standard InChI is InChI=1S/C18H18BClNO3/c20-11-18(22)17(19-24-13-21)10-14-6-8-16(9-7-14)23-12-15-4-2-1-3-5-15/h1-9,13,17,21H,10-12H2/t17-/m0/s1. The molecule has 0 spiro atoms. The molecule has 2 aromatic carbocycles. The maximum atomic E-state index is 11.8. The summed E-state index contributed by atoms with van der Waals surface area (Å²) in [6.07, 6.45) is 1.26. The third-order valence-electron chi connectivity index (χ3n) is 3.48. The minimum atomic E-state index is -0.472. The number of nitrogens with one attached hydrogen (secondary N) is 1. The molecule has 0 saturated heterocycles. The number of alkyl halides is 1. The predicted octanol–water partition coefficient (Wildman–Crippen LogP) is 3.65. The normalized spacial score (nSPS) is 11.4. The molecule has 2 aromatic rings. The largest absolute Gasteiger partial charge is 0.555 e. The zero-order valence-corrected chi connectivity index (χ0v) is 13.9. The molecule has 0 aliphatic carbocycles. The first-order valence-corrected chi connectivity index (χ1v) is 8.08. The zero-order valence-electron chi connectivity index (χ0n) is 13.2. The van der Waals surface area contributed by atoms with E-state index in [1.807, 2.05) is 54.6 Å². The Kier molecular flexibility index (Phi) is 7.37. The highest BCUT2D eigenvalue weighted by atomic mass is 35.5. The number of rotatable bonds is 10. The number of Topliss-reactive ketones (excluding diaryl/α,β-unsaturated/α-hetero) is 1. The van der Waals surface area contributed by atoms with Crippen molar-refractivity contribution in [3.05, 3.63) is 65.7 Å². The van der Waals surface area contributed by atoms with Crippen LogP contribution in [0.3, 0.4) is 0 Å². The number of ether oxygens (including phenoxy) is 1. The first kappa shape index (κ1) is 18.1. The molecule has 24 heavy (non-hydrogen) atoms. The topological polar surface area (TPSA) is 59.4 Å². The molecule has 0 aliphatic heterocycles. The summed E-state index contributed by atoms with van der Waals surface area (Å²) in [5, 5.41) is 6.88. The maximum absolute atomic E-state index is 11.8. The Hall–Kier alpha value is -2.27. The van der Waals surface area contributed by atoms with Gasteiger partial charge < -0.3 is 9.39 Å². The Morgan fingerprint density at radius 1 is 1.12 bits per heavy atom. The first-order chi connectivity index (χ1) is 11.7. The van der Waals surface area contributed by atoms with Gasteiger partial charge in [0, 0.05) is 5.82 Å². The van der Waals surface area contributed by atoms with Gasteiger partial charge in [0.1, 0.15) is 24.5 Å². The molecule has 0 heterocycles. The van der Waals surface area contributed by atoms with Crippen LogP contribution in [-0.2, 0) is 22.5 Å². The molecule has 0 aromatic heterocycles. The van der Waals surface area contributed by atoms with Crippen LogP contribution in [0, 0.1) is 5.41 Å². The fourth-order valence-electron chi connectivity index (χ4n) is 2.19. The predicted molar refractivity (Wildman–Crippen MR) is 96.0 cm³/mol. The average molecular weight is 343 g/mol. The number of ketones is 1. The van der Waals surface area contributed by atoms with Crippen molar-refractivity contribution in [3.63, 3.8) is 0 Å². The van der Waals surface area contributed by atoms with Crippen LogP contribution in [-0.4, -0.2) is 25.5 Å². The summed E-state index contributed by atoms with van der Waals surface area (Å²) in [5.74, 6) is 0.0755. The summed E-state index contributed by atoms with van der Waals surface area (Å²) in [6.45, 7) is 0.508. The molecule has 0 saturated carbocycles. The van der Waals surface area contributed by atoms with E-state index >= 15 is 0 Å². The molecule has 0 bridgehead atoms. The molecule has 0 unspecified atom stereocenters. The lowest BCUT2D eigenvalue weighted by Gasteiger charge is -2.13. The van der Waals surface area contributed by atoms with E-state index in [4.69, 9.17) is 26.4 Å². The van der Waals surface area contributed by atoms with Crippen LogP contribution in [0.2, 0.25) is 5.82 Å². The second kappa shape index (κ2) is 9.78. The van der Waals surface area contributed by atoms with Crippen LogP contribution in [0.25, 0.3) is 0 Å². The molecule has 2 rings (SSSR count). The van der Waals surface area contributed by atoms with Crippen LogP contribution < -0.4 is 4.74 Å². The van der Waals surface area contributed by atoms with Crippen molar-refractivity contribution in [2.75, 3.05) is 5.88 Å². The highest BCUT2D eigenvalue weighted by Crippen LogP contribution is 2.19. The van der Waals surface area contributed by atoms with E-state index in [1.54, 1.807) is 0 Å². The molecule has 1 N–H and O–H groups in total. The molecule has 1 radical (unpaired) electrons. The lowest BCUT2D eigenvalue weighted by molar-refractivity contribution is -0.116. The summed E-state index contributed by atoms with van der Waals surface area (Å²) in [6, 6.07) is 17.5. The van der Waals surface area contributed by atoms with Gasteiger partial charge in [-0.2, -0.15) is 0 Å². The van der Waals surface area contributed by atoms with Gasteiger partial charge in [-0.25, -0.2) is 0 Å². The lowest BCUT2D eigenvalue weighted by Crippen LogP contribution is -2.20. The van der Waals surface area contributed by atoms with E-state index in [1.165, 1.54) is 7.48 Å². The monoisotopic (exact) mass is 342 g/mol. The van der Waals surface area contributed by atoms with Gasteiger partial charge in [0.25, 0.3) is 0 Å². The van der Waals surface area contributed by atoms with Crippen LogP contribution in [0.15, 0.2) is 54.6 Å². The van der Waals surface area contributed by atoms with Gasteiger partial charge in [-0.15, -0.1) is 11.6 Å². The molecule has 1 atom stereocenters. The summed E-state index contributed by atoms with van der Waals surface area (Å²) in [4.78, 5) is 11.8. The SMILES string of the molecule is N=CO[B][C@@H](Cc1ccc(OCc2ccccc2)cc1)C(=O)CCl. The number of benzene rings is 2. The number of halogens is 1. The van der Waals surface area contributed by atoms with Gasteiger partial charge in [-0.1, -0.05) is 42.5 Å². The Balaban J connectivity index is 1.92. The van der Waals surface area contributed by atoms with Gasteiger partial charge in [-0.3, -0.25) is 10.2 Å². The van der Waals surface area contributed by atoms with E-state index < -0.39 is 5.82 Å². The minimum Gasteiger partial charge on any atom is -0.555 e. The summed E-state index contributed by atoms with van der Waals surface area (Å²) >= 11 is 5.61. The highest BCUT2D eigenvalue weighted by Gasteiger charge is 2.21. The third-order valence-corrected chi connectivity index (χ3v) is 3.75. The fraction of sp³-hybridized carbons (Fsp3) is 0.222. The quantitative estimate of drug-likeness (QED) is 0.310. The smallest absolute Gasteiger partial charge is 0.382 e. The lowest BCUT2D eigenvalue weighted by atomic mass is 9.73. The summed E-state index contributed by atoms with van der Waals surface area (Å²) in [5.41, 5.74) is 2.07. The molecule has 4 nitrogen and oxygen atoms in total. The number of carbonyl (C=O) groups excluding carboxylic acids is 1. The minimum absolute atomic E-state index is 0.0825. The average Bonchev–Trinajstić information content (AvgIpc) is 2.64. The Morgan fingerprint density at radius 2 is 1.83 bits per heavy atom. The number of hydrogen-bond donors (Lipinski definition) is 1. The molecular formula is C18H18BClNO3. The fourth-order valence-corrected chi connectivity index (χ4v) is 2.39.